The summed E-state index contributed by atoms with van der Waals surface area (Å²) in [6, 6.07) is 19.6. The fourth-order valence-corrected chi connectivity index (χ4v) is 4.40. The molecule has 3 aromatic rings. The van der Waals surface area contributed by atoms with E-state index in [9.17, 15) is 13.6 Å². The van der Waals surface area contributed by atoms with Crippen molar-refractivity contribution in [2.45, 2.75) is 13.0 Å². The van der Waals surface area contributed by atoms with Crippen LogP contribution in [0.2, 0.25) is 0 Å². The number of nitrogens with zero attached hydrogens (tertiary/aromatic N) is 3. The number of hydrogen-bond acceptors (Lipinski definition) is 5. The number of ether oxygens (including phenoxy) is 1. The van der Waals surface area contributed by atoms with Crippen LogP contribution in [0, 0.1) is 11.6 Å². The van der Waals surface area contributed by atoms with Gasteiger partial charge in [0, 0.05) is 32.7 Å². The minimum absolute atomic E-state index is 0.229. The Morgan fingerprint density at radius 2 is 1.70 bits per heavy atom. The van der Waals surface area contributed by atoms with E-state index in [1.165, 1.54) is 24.3 Å². The number of carbonyl (C=O) groups excluding carboxylic acids is 1. The Morgan fingerprint density at radius 3 is 2.43 bits per heavy atom. The highest BCUT2D eigenvalue weighted by Gasteiger charge is 2.19. The van der Waals surface area contributed by atoms with E-state index in [0.29, 0.717) is 17.8 Å². The van der Waals surface area contributed by atoms with E-state index >= 15 is 0 Å². The third-order valence-electron chi connectivity index (χ3n) is 6.34. The Bertz CT molecular complexity index is 1150. The summed E-state index contributed by atoms with van der Waals surface area (Å²) < 4.78 is 32.6. The van der Waals surface area contributed by atoms with Gasteiger partial charge in [-0.3, -0.25) is 9.91 Å². The molecule has 1 aliphatic rings. The molecule has 0 unspecified atom stereocenters. The quantitative estimate of drug-likeness (QED) is 0.313. The molecule has 7 nitrogen and oxygen atoms in total. The lowest BCUT2D eigenvalue weighted by Crippen LogP contribution is -2.49. The highest BCUT2D eigenvalue weighted by Crippen LogP contribution is 2.28. The van der Waals surface area contributed by atoms with E-state index in [0.717, 1.165) is 50.6 Å². The van der Waals surface area contributed by atoms with Crippen LogP contribution in [-0.4, -0.2) is 57.3 Å². The van der Waals surface area contributed by atoms with Crippen molar-refractivity contribution < 1.29 is 18.3 Å². The summed E-state index contributed by atoms with van der Waals surface area (Å²) in [6.45, 7) is 5.34. The van der Waals surface area contributed by atoms with E-state index in [1.54, 1.807) is 36.4 Å². The predicted molar refractivity (Wildman–Crippen MR) is 142 cm³/mol. The average molecular weight is 510 g/mol. The second-order valence-corrected chi connectivity index (χ2v) is 8.91. The molecule has 1 fully saturated rings. The maximum absolute atomic E-state index is 13.7. The molecule has 1 heterocycles. The van der Waals surface area contributed by atoms with Gasteiger partial charge >= 0.3 is 6.03 Å². The number of piperazine rings is 1. The summed E-state index contributed by atoms with van der Waals surface area (Å²) in [6.07, 6.45) is 0.808. The third kappa shape index (κ3) is 7.57. The van der Waals surface area contributed by atoms with Crippen LogP contribution in [0.1, 0.15) is 12.0 Å². The van der Waals surface area contributed by atoms with E-state index in [4.69, 9.17) is 4.74 Å². The maximum atomic E-state index is 13.7. The zero-order chi connectivity index (χ0) is 26.0. The van der Waals surface area contributed by atoms with Crippen LogP contribution in [0.15, 0.2) is 72.8 Å². The van der Waals surface area contributed by atoms with Gasteiger partial charge in [0.15, 0.2) is 0 Å². The lowest BCUT2D eigenvalue weighted by molar-refractivity contribution is 0.235. The topological polar surface area (TPSA) is 60.1 Å². The fraction of sp³-hybridized carbons (Fsp3) is 0.321. The number of benzene rings is 3. The second kappa shape index (κ2) is 12.9. The number of methoxy groups -OCH3 is 1. The number of hydrogen-bond donors (Lipinski definition) is 2. The number of hydrazine groups is 1. The van der Waals surface area contributed by atoms with Crippen molar-refractivity contribution in [3.8, 4) is 5.75 Å². The molecule has 37 heavy (non-hydrogen) atoms. The molecule has 1 saturated heterocycles. The SMILES string of the molecule is COc1ccccc1N1CCN(CCCNC(=O)NN(Cc2cccc(F)c2)c2ccc(F)cc2)CC1. The van der Waals surface area contributed by atoms with Crippen molar-refractivity contribution >= 4 is 17.4 Å². The molecule has 9 heteroatoms. The van der Waals surface area contributed by atoms with Gasteiger partial charge in [-0.05, 0) is 67.1 Å². The smallest absolute Gasteiger partial charge is 0.333 e. The summed E-state index contributed by atoms with van der Waals surface area (Å²) in [4.78, 5) is 17.3. The number of amides is 2. The molecule has 1 aliphatic heterocycles. The van der Waals surface area contributed by atoms with Crippen molar-refractivity contribution in [3.63, 3.8) is 0 Å². The number of para-hydroxylation sites is 2. The van der Waals surface area contributed by atoms with Gasteiger partial charge in [0.1, 0.15) is 17.4 Å². The molecular formula is C28H33F2N5O2. The number of anilines is 2. The second-order valence-electron chi connectivity index (χ2n) is 8.91. The summed E-state index contributed by atoms with van der Waals surface area (Å²) in [5, 5.41) is 4.46. The predicted octanol–water partition coefficient (Wildman–Crippen LogP) is 4.41. The Kier molecular flexibility index (Phi) is 9.15. The maximum Gasteiger partial charge on any atom is 0.333 e. The first-order valence-corrected chi connectivity index (χ1v) is 12.4. The van der Waals surface area contributed by atoms with Gasteiger partial charge in [-0.25, -0.2) is 19.0 Å². The largest absolute Gasteiger partial charge is 0.495 e. The molecule has 4 rings (SSSR count). The highest BCUT2D eigenvalue weighted by atomic mass is 19.1. The summed E-state index contributed by atoms with van der Waals surface area (Å²) in [7, 11) is 1.69. The van der Waals surface area contributed by atoms with E-state index < -0.39 is 0 Å². The number of nitrogens with one attached hydrogen (secondary N) is 2. The zero-order valence-corrected chi connectivity index (χ0v) is 21.0. The molecule has 0 aromatic heterocycles. The van der Waals surface area contributed by atoms with E-state index in [2.05, 4.69) is 26.6 Å². The van der Waals surface area contributed by atoms with E-state index in [-0.39, 0.29) is 24.2 Å². The molecule has 2 amide bonds. The fourth-order valence-electron chi connectivity index (χ4n) is 4.40. The summed E-state index contributed by atoms with van der Waals surface area (Å²) in [5.74, 6) is 0.158. The standard InChI is InChI=1S/C28H33F2N5O2/c1-37-27-9-3-2-8-26(27)34-18-16-33(17-19-34)15-5-14-31-28(36)32-35(25-12-10-23(29)11-13-25)21-22-6-4-7-24(30)20-22/h2-4,6-13,20H,5,14-19,21H2,1H3,(H2,31,32,36). The van der Waals surface area contributed by atoms with Crippen molar-refractivity contribution in [3.05, 3.63) is 90.0 Å². The van der Waals surface area contributed by atoms with Crippen LogP contribution in [0.4, 0.5) is 25.0 Å². The lowest BCUT2D eigenvalue weighted by Gasteiger charge is -2.36. The van der Waals surface area contributed by atoms with Crippen LogP contribution >= 0.6 is 0 Å². The number of rotatable bonds is 10. The average Bonchev–Trinajstić information content (AvgIpc) is 2.91. The van der Waals surface area contributed by atoms with Gasteiger partial charge in [-0.15, -0.1) is 0 Å². The minimum Gasteiger partial charge on any atom is -0.495 e. The van der Waals surface area contributed by atoms with Gasteiger partial charge in [-0.2, -0.15) is 0 Å². The van der Waals surface area contributed by atoms with Crippen LogP contribution in [0.3, 0.4) is 0 Å². The highest BCUT2D eigenvalue weighted by molar-refractivity contribution is 5.76. The number of carbonyl (C=O) groups is 1. The molecule has 0 bridgehead atoms. The molecule has 0 saturated carbocycles. The molecule has 2 N–H and O–H groups in total. The van der Waals surface area contributed by atoms with Gasteiger partial charge in [0.25, 0.3) is 0 Å². The van der Waals surface area contributed by atoms with Gasteiger partial charge in [0.2, 0.25) is 0 Å². The molecule has 0 radical (unpaired) electrons. The first kappa shape index (κ1) is 26.2. The molecule has 0 aliphatic carbocycles. The third-order valence-corrected chi connectivity index (χ3v) is 6.34. The Labute approximate surface area is 216 Å². The normalized spacial score (nSPS) is 13.8. The molecule has 196 valence electrons. The van der Waals surface area contributed by atoms with Crippen LogP contribution in [0.5, 0.6) is 5.75 Å². The minimum atomic E-state index is -0.373. The van der Waals surface area contributed by atoms with Gasteiger partial charge < -0.3 is 15.0 Å². The summed E-state index contributed by atoms with van der Waals surface area (Å²) in [5.41, 5.74) is 5.19. The van der Waals surface area contributed by atoms with Crippen molar-refractivity contribution in [2.75, 3.05) is 56.3 Å². The lowest BCUT2D eigenvalue weighted by atomic mass is 10.2. The van der Waals surface area contributed by atoms with Gasteiger partial charge in [-0.1, -0.05) is 24.3 Å². The van der Waals surface area contributed by atoms with Crippen molar-refractivity contribution in [1.29, 1.82) is 0 Å². The molecule has 0 atom stereocenters. The number of halogens is 2. The Hall–Kier alpha value is -3.85. The van der Waals surface area contributed by atoms with Crippen LogP contribution in [-0.2, 0) is 6.54 Å². The Balaban J connectivity index is 1.22. The molecule has 3 aromatic carbocycles. The van der Waals surface area contributed by atoms with Crippen LogP contribution < -0.4 is 25.4 Å². The van der Waals surface area contributed by atoms with Crippen molar-refractivity contribution in [2.24, 2.45) is 0 Å². The van der Waals surface area contributed by atoms with Crippen molar-refractivity contribution in [1.82, 2.24) is 15.6 Å². The first-order chi connectivity index (χ1) is 18.0. The van der Waals surface area contributed by atoms with E-state index in [1.807, 2.05) is 18.2 Å². The first-order valence-electron chi connectivity index (χ1n) is 12.4. The monoisotopic (exact) mass is 509 g/mol. The molecule has 0 spiro atoms. The summed E-state index contributed by atoms with van der Waals surface area (Å²) >= 11 is 0. The molecular weight excluding hydrogens is 476 g/mol. The zero-order valence-electron chi connectivity index (χ0n) is 21.0. The number of urea groups is 1. The Morgan fingerprint density at radius 1 is 0.946 bits per heavy atom. The van der Waals surface area contributed by atoms with Crippen LogP contribution in [0.25, 0.3) is 0 Å². The van der Waals surface area contributed by atoms with Gasteiger partial charge in [0.05, 0.1) is 25.0 Å².